The standard InChI is InChI=1S/C23H20FN3O/c1-2-15-7-3-5-9-19(15)26-23(28)27-22-18-8-4-6-10-20(18)25-21(22)16-11-13-17(24)14-12-16/h3-14,25H,2H2,1H3,(H2,26,27,28). The molecule has 0 bridgehead atoms. The zero-order chi connectivity index (χ0) is 19.5. The molecular weight excluding hydrogens is 353 g/mol. The van der Waals surface area contributed by atoms with E-state index in [0.717, 1.165) is 39.8 Å². The van der Waals surface area contributed by atoms with Crippen LogP contribution >= 0.6 is 0 Å². The molecule has 1 aromatic heterocycles. The number of H-pyrrole nitrogens is 1. The highest BCUT2D eigenvalue weighted by Crippen LogP contribution is 2.35. The van der Waals surface area contributed by atoms with Crippen LogP contribution in [-0.4, -0.2) is 11.0 Å². The number of rotatable bonds is 4. The minimum Gasteiger partial charge on any atom is -0.353 e. The second-order valence-corrected chi connectivity index (χ2v) is 6.52. The fraction of sp³-hybridized carbons (Fsp3) is 0.0870. The molecule has 0 saturated carbocycles. The number of para-hydroxylation sites is 2. The molecule has 0 fully saturated rings. The third-order valence-corrected chi connectivity index (χ3v) is 4.72. The largest absolute Gasteiger partial charge is 0.353 e. The Kier molecular flexibility index (Phi) is 4.81. The van der Waals surface area contributed by atoms with E-state index < -0.39 is 0 Å². The molecule has 0 aliphatic carbocycles. The Bertz CT molecular complexity index is 1130. The number of carbonyl (C=O) groups excluding carboxylic acids is 1. The van der Waals surface area contributed by atoms with E-state index in [9.17, 15) is 9.18 Å². The van der Waals surface area contributed by atoms with Crippen LogP contribution < -0.4 is 10.6 Å². The lowest BCUT2D eigenvalue weighted by atomic mass is 10.1. The molecule has 2 amide bonds. The number of urea groups is 1. The number of nitrogens with one attached hydrogen (secondary N) is 3. The molecule has 3 N–H and O–H groups in total. The average Bonchev–Trinajstić information content (AvgIpc) is 3.07. The summed E-state index contributed by atoms with van der Waals surface area (Å²) in [6.45, 7) is 2.05. The predicted molar refractivity (Wildman–Crippen MR) is 112 cm³/mol. The highest BCUT2D eigenvalue weighted by molar-refractivity contribution is 6.10. The second-order valence-electron chi connectivity index (χ2n) is 6.52. The Morgan fingerprint density at radius 1 is 0.929 bits per heavy atom. The maximum atomic E-state index is 13.3. The number of benzene rings is 3. The van der Waals surface area contributed by atoms with Gasteiger partial charge >= 0.3 is 6.03 Å². The SMILES string of the molecule is CCc1ccccc1NC(=O)Nc1c(-c2ccc(F)cc2)[nH]c2ccccc12. The van der Waals surface area contributed by atoms with Crippen LogP contribution in [0.5, 0.6) is 0 Å². The first-order valence-electron chi connectivity index (χ1n) is 9.18. The highest BCUT2D eigenvalue weighted by atomic mass is 19.1. The number of anilines is 2. The summed E-state index contributed by atoms with van der Waals surface area (Å²) in [7, 11) is 0. The van der Waals surface area contributed by atoms with Crippen molar-refractivity contribution in [2.45, 2.75) is 13.3 Å². The van der Waals surface area contributed by atoms with Crippen LogP contribution in [-0.2, 0) is 6.42 Å². The van der Waals surface area contributed by atoms with Crippen LogP contribution in [0, 0.1) is 5.82 Å². The van der Waals surface area contributed by atoms with Gasteiger partial charge in [-0.1, -0.05) is 43.3 Å². The van der Waals surface area contributed by atoms with Crippen molar-refractivity contribution in [3.8, 4) is 11.3 Å². The highest BCUT2D eigenvalue weighted by Gasteiger charge is 2.16. The van der Waals surface area contributed by atoms with E-state index in [1.54, 1.807) is 12.1 Å². The van der Waals surface area contributed by atoms with Crippen LogP contribution in [0.4, 0.5) is 20.6 Å². The van der Waals surface area contributed by atoms with E-state index in [-0.39, 0.29) is 11.8 Å². The number of hydrogen-bond acceptors (Lipinski definition) is 1. The van der Waals surface area contributed by atoms with E-state index >= 15 is 0 Å². The lowest BCUT2D eigenvalue weighted by molar-refractivity contribution is 0.262. The molecule has 0 spiro atoms. The summed E-state index contributed by atoms with van der Waals surface area (Å²) in [5, 5.41) is 6.79. The fourth-order valence-electron chi connectivity index (χ4n) is 3.32. The first-order valence-corrected chi connectivity index (χ1v) is 9.18. The van der Waals surface area contributed by atoms with Crippen molar-refractivity contribution < 1.29 is 9.18 Å². The third kappa shape index (κ3) is 3.47. The zero-order valence-corrected chi connectivity index (χ0v) is 15.4. The Balaban J connectivity index is 1.70. The van der Waals surface area contributed by atoms with Crippen molar-refractivity contribution in [3.63, 3.8) is 0 Å². The molecule has 0 aliphatic rings. The monoisotopic (exact) mass is 373 g/mol. The van der Waals surface area contributed by atoms with Gasteiger partial charge in [-0.3, -0.25) is 0 Å². The van der Waals surface area contributed by atoms with Gasteiger partial charge in [0.1, 0.15) is 5.82 Å². The third-order valence-electron chi connectivity index (χ3n) is 4.72. The van der Waals surface area contributed by atoms with Crippen molar-refractivity contribution in [2.75, 3.05) is 10.6 Å². The summed E-state index contributed by atoms with van der Waals surface area (Å²) >= 11 is 0. The number of halogens is 1. The van der Waals surface area contributed by atoms with Gasteiger partial charge in [0, 0.05) is 22.2 Å². The number of hydrogen-bond donors (Lipinski definition) is 3. The van der Waals surface area contributed by atoms with Crippen LogP contribution in [0.25, 0.3) is 22.2 Å². The predicted octanol–water partition coefficient (Wildman–Crippen LogP) is 6.18. The molecule has 5 heteroatoms. The smallest absolute Gasteiger partial charge is 0.323 e. The molecule has 1 heterocycles. The molecule has 4 rings (SSSR count). The molecule has 0 radical (unpaired) electrons. The summed E-state index contributed by atoms with van der Waals surface area (Å²) in [5.41, 5.74) is 4.93. The van der Waals surface area contributed by atoms with E-state index in [2.05, 4.69) is 15.6 Å². The van der Waals surface area contributed by atoms with Crippen molar-refractivity contribution in [3.05, 3.63) is 84.2 Å². The molecule has 4 aromatic rings. The van der Waals surface area contributed by atoms with Crippen LogP contribution in [0.2, 0.25) is 0 Å². The molecule has 0 atom stereocenters. The number of aryl methyl sites for hydroxylation is 1. The quantitative estimate of drug-likeness (QED) is 0.393. The van der Waals surface area contributed by atoms with Crippen molar-refractivity contribution >= 4 is 28.3 Å². The molecule has 4 nitrogen and oxygen atoms in total. The number of aromatic nitrogens is 1. The zero-order valence-electron chi connectivity index (χ0n) is 15.4. The van der Waals surface area contributed by atoms with E-state index in [1.165, 1.54) is 12.1 Å². The van der Waals surface area contributed by atoms with Gasteiger partial charge in [0.2, 0.25) is 0 Å². The van der Waals surface area contributed by atoms with Crippen molar-refractivity contribution in [1.29, 1.82) is 0 Å². The number of aromatic amines is 1. The molecule has 3 aromatic carbocycles. The number of amides is 2. The minimum absolute atomic E-state index is 0.303. The Morgan fingerprint density at radius 2 is 1.64 bits per heavy atom. The molecule has 140 valence electrons. The van der Waals surface area contributed by atoms with E-state index in [0.29, 0.717) is 5.69 Å². The summed E-state index contributed by atoms with van der Waals surface area (Å²) in [4.78, 5) is 16.1. The van der Waals surface area contributed by atoms with Gasteiger partial charge in [-0.05, 0) is 48.4 Å². The summed E-state index contributed by atoms with van der Waals surface area (Å²) in [6.07, 6.45) is 0.824. The second kappa shape index (κ2) is 7.56. The van der Waals surface area contributed by atoms with Gasteiger partial charge in [0.25, 0.3) is 0 Å². The average molecular weight is 373 g/mol. The lowest BCUT2D eigenvalue weighted by Gasteiger charge is -2.12. The summed E-state index contributed by atoms with van der Waals surface area (Å²) in [5.74, 6) is -0.303. The molecule has 0 unspecified atom stereocenters. The van der Waals surface area contributed by atoms with Gasteiger partial charge in [0.15, 0.2) is 0 Å². The minimum atomic E-state index is -0.325. The lowest BCUT2D eigenvalue weighted by Crippen LogP contribution is -2.20. The van der Waals surface area contributed by atoms with E-state index in [4.69, 9.17) is 0 Å². The van der Waals surface area contributed by atoms with Gasteiger partial charge in [-0.2, -0.15) is 0 Å². The van der Waals surface area contributed by atoms with Crippen LogP contribution in [0.1, 0.15) is 12.5 Å². The normalized spacial score (nSPS) is 10.8. The number of fused-ring (bicyclic) bond motifs is 1. The van der Waals surface area contributed by atoms with Gasteiger partial charge < -0.3 is 15.6 Å². The topological polar surface area (TPSA) is 56.9 Å². The summed E-state index contributed by atoms with van der Waals surface area (Å²) in [6, 6.07) is 21.3. The van der Waals surface area contributed by atoms with Crippen LogP contribution in [0.15, 0.2) is 72.8 Å². The van der Waals surface area contributed by atoms with Crippen molar-refractivity contribution in [2.24, 2.45) is 0 Å². The molecule has 0 aliphatic heterocycles. The van der Waals surface area contributed by atoms with Crippen molar-refractivity contribution in [1.82, 2.24) is 4.98 Å². The van der Waals surface area contributed by atoms with Crippen LogP contribution in [0.3, 0.4) is 0 Å². The van der Waals surface area contributed by atoms with Gasteiger partial charge in [-0.15, -0.1) is 0 Å². The maximum absolute atomic E-state index is 13.3. The Hall–Kier alpha value is -3.60. The Labute approximate surface area is 162 Å². The molecular formula is C23H20FN3O. The van der Waals surface area contributed by atoms with Gasteiger partial charge in [0.05, 0.1) is 11.4 Å². The maximum Gasteiger partial charge on any atom is 0.323 e. The number of carbonyl (C=O) groups is 1. The molecule has 28 heavy (non-hydrogen) atoms. The summed E-state index contributed by atoms with van der Waals surface area (Å²) < 4.78 is 13.3. The first-order chi connectivity index (χ1) is 13.7. The Morgan fingerprint density at radius 3 is 2.43 bits per heavy atom. The van der Waals surface area contributed by atoms with E-state index in [1.807, 2.05) is 55.5 Å². The fourth-order valence-corrected chi connectivity index (χ4v) is 3.32. The first kappa shape index (κ1) is 17.8. The van der Waals surface area contributed by atoms with Gasteiger partial charge in [-0.25, -0.2) is 9.18 Å². The molecule has 0 saturated heterocycles.